The van der Waals surface area contributed by atoms with E-state index in [1.165, 1.54) is 27.7 Å². The van der Waals surface area contributed by atoms with Gasteiger partial charge in [0.15, 0.2) is 0 Å². The number of esters is 4. The number of carbonyl (C=O) groups is 12. The van der Waals surface area contributed by atoms with Gasteiger partial charge in [0.2, 0.25) is 0 Å². The Bertz CT molecular complexity index is 1360. The summed E-state index contributed by atoms with van der Waals surface area (Å²) in [5.41, 5.74) is 1.15. The Balaban J connectivity index is -0.000000227. The van der Waals surface area contributed by atoms with Gasteiger partial charge in [0.05, 0.1) is 26.4 Å². The SMILES string of the molecule is C=C(C)C(=O)OCCCC(=O)CC(=O)[O-].C=C(C)C(=O)OCCCC(=O)CC(=O)[O-].C=C(C)C(=O)OCCCC(=O)CC(=O)[O-].C=C(C)C(=O)OCCCC(=O)CC(=O)[O-].[Zr+4]. The average Bonchev–Trinajstić information content (AvgIpc) is 3.11. The molecule has 0 atom stereocenters. The number of hydrogen-bond acceptors (Lipinski definition) is 20. The molecule has 61 heavy (non-hydrogen) atoms. The molecular weight excluding hydrogens is 892 g/mol. The van der Waals surface area contributed by atoms with Gasteiger partial charge in [-0.25, -0.2) is 19.2 Å². The summed E-state index contributed by atoms with van der Waals surface area (Å²) in [6.45, 7) is 19.9. The molecule has 20 nitrogen and oxygen atoms in total. The van der Waals surface area contributed by atoms with Crippen molar-refractivity contribution in [1.29, 1.82) is 0 Å². The summed E-state index contributed by atoms with van der Waals surface area (Å²) in [5.74, 6) is -9.32. The van der Waals surface area contributed by atoms with Crippen molar-refractivity contribution in [2.24, 2.45) is 0 Å². The molecule has 0 aliphatic rings. The van der Waals surface area contributed by atoms with Crippen LogP contribution in [-0.4, -0.2) is 97.3 Å². The van der Waals surface area contributed by atoms with Gasteiger partial charge in [0, 0.05) is 97.5 Å². The number of ether oxygens (including phenoxy) is 4. The van der Waals surface area contributed by atoms with Gasteiger partial charge < -0.3 is 58.6 Å². The molecule has 21 heteroatoms. The molecule has 0 N–H and O–H groups in total. The summed E-state index contributed by atoms with van der Waals surface area (Å²) >= 11 is 0. The van der Waals surface area contributed by atoms with Gasteiger partial charge in [0.25, 0.3) is 0 Å². The minimum atomic E-state index is -1.39. The van der Waals surface area contributed by atoms with Gasteiger partial charge in [-0.1, -0.05) is 26.3 Å². The molecule has 336 valence electrons. The quantitative estimate of drug-likeness (QED) is 0.0280. The van der Waals surface area contributed by atoms with Crippen LogP contribution in [0, 0.1) is 0 Å². The minimum absolute atomic E-state index is 0. The molecule has 0 aliphatic heterocycles. The van der Waals surface area contributed by atoms with Crippen molar-refractivity contribution in [3.63, 3.8) is 0 Å². The van der Waals surface area contributed by atoms with Crippen LogP contribution < -0.4 is 20.4 Å². The first-order valence-electron chi connectivity index (χ1n) is 17.9. The fourth-order valence-electron chi connectivity index (χ4n) is 3.23. The van der Waals surface area contributed by atoms with Gasteiger partial charge in [0.1, 0.15) is 23.1 Å². The second-order valence-electron chi connectivity index (χ2n) is 12.4. The first-order valence-corrected chi connectivity index (χ1v) is 17.9. The molecule has 0 bridgehead atoms. The third-order valence-electron chi connectivity index (χ3n) is 6.09. The van der Waals surface area contributed by atoms with Crippen LogP contribution in [0.3, 0.4) is 0 Å². The van der Waals surface area contributed by atoms with Crippen molar-refractivity contribution >= 4 is 70.9 Å². The maximum Gasteiger partial charge on any atom is 4.00 e. The zero-order chi connectivity index (χ0) is 47.4. The topological polar surface area (TPSA) is 334 Å². The van der Waals surface area contributed by atoms with Gasteiger partial charge >= 0.3 is 50.1 Å². The maximum absolute atomic E-state index is 10.9. The Morgan fingerprint density at radius 3 is 0.607 bits per heavy atom. The van der Waals surface area contributed by atoms with E-state index in [-0.39, 0.29) is 101 Å². The van der Waals surface area contributed by atoms with E-state index >= 15 is 0 Å². The third-order valence-corrected chi connectivity index (χ3v) is 6.09. The molecule has 0 radical (unpaired) electrons. The van der Waals surface area contributed by atoms with Crippen molar-refractivity contribution in [2.75, 3.05) is 26.4 Å². The molecule has 0 aromatic heterocycles. The standard InChI is InChI=1S/4C10H14O5.Zr/c4*1-7(2)10(14)15-5-3-4-8(11)6-9(12)13;/h4*1,3-6H2,2H3,(H,12,13);/q;;;;+4/p-4. The Labute approximate surface area is 372 Å². The number of rotatable bonds is 28. The first-order chi connectivity index (χ1) is 27.7. The second kappa shape index (κ2) is 39.7. The van der Waals surface area contributed by atoms with E-state index in [0.29, 0.717) is 25.7 Å². The number of carboxylic acids is 4. The number of hydrogen-bond donors (Lipinski definition) is 0. The van der Waals surface area contributed by atoms with Gasteiger partial charge in [-0.05, 0) is 53.4 Å². The molecule has 0 unspecified atom stereocenters. The van der Waals surface area contributed by atoms with Crippen LogP contribution in [0.2, 0.25) is 0 Å². The molecule has 0 saturated carbocycles. The fourth-order valence-corrected chi connectivity index (χ4v) is 3.23. The van der Waals surface area contributed by atoms with Crippen LogP contribution in [0.1, 0.15) is 105 Å². The molecule has 0 aromatic carbocycles. The molecule has 0 amide bonds. The summed E-state index contributed by atoms with van der Waals surface area (Å²) in [6.07, 6.45) is -0.845. The molecule has 0 fully saturated rings. The van der Waals surface area contributed by atoms with Gasteiger partial charge in [-0.3, -0.25) is 19.2 Å². The Morgan fingerprint density at radius 2 is 0.492 bits per heavy atom. The van der Waals surface area contributed by atoms with Crippen LogP contribution >= 0.6 is 0 Å². The normalized spacial score (nSPS) is 9.25. The van der Waals surface area contributed by atoms with Crippen molar-refractivity contribution in [3.8, 4) is 0 Å². The van der Waals surface area contributed by atoms with E-state index in [2.05, 4.69) is 26.3 Å². The monoisotopic (exact) mass is 942 g/mol. The Hall–Kier alpha value is -5.72. The largest absolute Gasteiger partial charge is 4.00 e. The smallest absolute Gasteiger partial charge is 0.550 e. The Morgan fingerprint density at radius 1 is 0.344 bits per heavy atom. The molecule has 0 saturated heterocycles. The van der Waals surface area contributed by atoms with E-state index in [4.69, 9.17) is 18.9 Å². The van der Waals surface area contributed by atoms with E-state index < -0.39 is 96.6 Å². The van der Waals surface area contributed by atoms with Crippen molar-refractivity contribution in [1.82, 2.24) is 0 Å². The summed E-state index contributed by atoms with van der Waals surface area (Å²) in [6, 6.07) is 0. The Kier molecular flexibility index (Phi) is 42.0. The van der Waals surface area contributed by atoms with E-state index in [9.17, 15) is 78.0 Å². The van der Waals surface area contributed by atoms with Crippen molar-refractivity contribution < 1.29 is 123 Å². The van der Waals surface area contributed by atoms with Gasteiger partial charge in [-0.2, -0.15) is 0 Å². The van der Waals surface area contributed by atoms with Crippen LogP contribution in [0.4, 0.5) is 0 Å². The zero-order valence-corrected chi connectivity index (χ0v) is 37.3. The number of carbonyl (C=O) groups excluding carboxylic acids is 12. The van der Waals surface area contributed by atoms with E-state index in [1.54, 1.807) is 0 Å². The number of ketones is 4. The summed E-state index contributed by atoms with van der Waals surface area (Å²) in [7, 11) is 0. The number of carboxylic acid groups (broad SMARTS) is 4. The molecule has 0 heterocycles. The van der Waals surface area contributed by atoms with Crippen LogP contribution in [0.5, 0.6) is 0 Å². The summed E-state index contributed by atoms with van der Waals surface area (Å²) < 4.78 is 18.8. The summed E-state index contributed by atoms with van der Waals surface area (Å²) in [5, 5.41) is 40.0. The van der Waals surface area contributed by atoms with Crippen LogP contribution in [0.25, 0.3) is 0 Å². The minimum Gasteiger partial charge on any atom is -0.550 e. The molecule has 0 aromatic rings. The van der Waals surface area contributed by atoms with Crippen molar-refractivity contribution in [3.05, 3.63) is 48.6 Å². The van der Waals surface area contributed by atoms with Crippen LogP contribution in [0.15, 0.2) is 48.6 Å². The molecule has 0 spiro atoms. The van der Waals surface area contributed by atoms with Gasteiger partial charge in [-0.15, -0.1) is 0 Å². The first kappa shape index (κ1) is 64.4. The molecule has 0 rings (SSSR count). The van der Waals surface area contributed by atoms with Crippen LogP contribution in [-0.2, 0) is 103 Å². The molecular formula is C40H52O20Zr. The maximum atomic E-state index is 10.9. The predicted molar refractivity (Wildman–Crippen MR) is 199 cm³/mol. The van der Waals surface area contributed by atoms with E-state index in [0.717, 1.165) is 0 Å². The molecule has 0 aliphatic carbocycles. The number of Topliss-reactive ketones (excluding diaryl/α,β-unsaturated/α-hetero) is 4. The average molecular weight is 944 g/mol. The van der Waals surface area contributed by atoms with E-state index in [1.807, 2.05) is 0 Å². The predicted octanol–water partition coefficient (Wildman–Crippen LogP) is -1.62. The third kappa shape index (κ3) is 50.4. The van der Waals surface area contributed by atoms with Crippen molar-refractivity contribution in [2.45, 2.75) is 105 Å². The number of aliphatic carboxylic acids is 4. The fraction of sp³-hybridized carbons (Fsp3) is 0.500. The summed E-state index contributed by atoms with van der Waals surface area (Å²) in [4.78, 5) is 127. The zero-order valence-electron chi connectivity index (χ0n) is 34.8. The second-order valence-corrected chi connectivity index (χ2v) is 12.4.